The van der Waals surface area contributed by atoms with Crippen LogP contribution in [0, 0.1) is 0 Å². The van der Waals surface area contributed by atoms with Crippen LogP contribution in [-0.4, -0.2) is 18.2 Å². The largest absolute Gasteiger partial charge is 0.353 e. The zero-order chi connectivity index (χ0) is 11.8. The number of hydrogen-bond donors (Lipinski definition) is 1. The molecule has 0 unspecified atom stereocenters. The number of halogens is 1. The molecule has 0 aliphatic heterocycles. The molecule has 4 heteroatoms. The third-order valence-corrected chi connectivity index (χ3v) is 3.12. The fraction of sp³-hybridized carbons (Fsp3) is 0.250. The molecule has 0 spiro atoms. The number of carbonyl (C=O) groups excluding carboxylic acids is 1. The second-order valence-corrected chi connectivity index (χ2v) is 4.75. The molecular weight excluding hydrogens is 242 g/mol. The van der Waals surface area contributed by atoms with E-state index in [0.717, 1.165) is 15.7 Å². The summed E-state index contributed by atoms with van der Waals surface area (Å²) in [7, 11) is 0. The van der Waals surface area contributed by atoms with E-state index in [2.05, 4.69) is 11.9 Å². The fourth-order valence-electron chi connectivity index (χ4n) is 1.07. The summed E-state index contributed by atoms with van der Waals surface area (Å²) in [6.07, 6.45) is 2.19. The van der Waals surface area contributed by atoms with Gasteiger partial charge in [0.2, 0.25) is 5.91 Å². The van der Waals surface area contributed by atoms with Gasteiger partial charge in [0.1, 0.15) is 0 Å². The zero-order valence-electron chi connectivity index (χ0n) is 8.91. The van der Waals surface area contributed by atoms with Crippen molar-refractivity contribution in [3.63, 3.8) is 0 Å². The van der Waals surface area contributed by atoms with E-state index in [1.54, 1.807) is 17.8 Å². The lowest BCUT2D eigenvalue weighted by Gasteiger charge is -2.02. The van der Waals surface area contributed by atoms with Gasteiger partial charge in [0.25, 0.3) is 0 Å². The number of benzene rings is 1. The Morgan fingerprint density at radius 1 is 1.44 bits per heavy atom. The van der Waals surface area contributed by atoms with Crippen molar-refractivity contribution in [2.75, 3.05) is 12.3 Å². The molecule has 1 aromatic carbocycles. The summed E-state index contributed by atoms with van der Waals surface area (Å²) in [5.41, 5.74) is 0. The molecule has 86 valence electrons. The van der Waals surface area contributed by atoms with Crippen LogP contribution in [0.1, 0.15) is 6.42 Å². The van der Waals surface area contributed by atoms with E-state index in [0.29, 0.717) is 13.0 Å². The minimum absolute atomic E-state index is 0.0568. The number of rotatable bonds is 6. The lowest BCUT2D eigenvalue weighted by molar-refractivity contribution is -0.120. The third-order valence-electron chi connectivity index (χ3n) is 1.86. The predicted molar refractivity (Wildman–Crippen MR) is 70.0 cm³/mol. The molecule has 1 amide bonds. The molecule has 0 aliphatic rings. The summed E-state index contributed by atoms with van der Waals surface area (Å²) >= 11 is 7.42. The van der Waals surface area contributed by atoms with Gasteiger partial charge in [-0.05, 0) is 24.3 Å². The van der Waals surface area contributed by atoms with Crippen molar-refractivity contribution in [3.05, 3.63) is 41.9 Å². The number of amides is 1. The monoisotopic (exact) mass is 255 g/mol. The molecule has 16 heavy (non-hydrogen) atoms. The molecule has 0 atom stereocenters. The normalized spacial score (nSPS) is 9.81. The van der Waals surface area contributed by atoms with E-state index in [1.165, 1.54) is 0 Å². The van der Waals surface area contributed by atoms with Gasteiger partial charge in [0, 0.05) is 28.6 Å². The average Bonchev–Trinajstić information content (AvgIpc) is 2.29. The Kier molecular flexibility index (Phi) is 6.04. The molecule has 2 nitrogen and oxygen atoms in total. The third kappa shape index (κ3) is 5.24. The fourth-order valence-corrected chi connectivity index (χ4v) is 2.04. The zero-order valence-corrected chi connectivity index (χ0v) is 10.5. The van der Waals surface area contributed by atoms with Crippen molar-refractivity contribution < 1.29 is 4.79 Å². The van der Waals surface area contributed by atoms with E-state index in [1.807, 2.05) is 24.3 Å². The maximum absolute atomic E-state index is 11.3. The van der Waals surface area contributed by atoms with Gasteiger partial charge < -0.3 is 5.32 Å². The second kappa shape index (κ2) is 7.36. The van der Waals surface area contributed by atoms with Crippen LogP contribution < -0.4 is 5.32 Å². The van der Waals surface area contributed by atoms with Gasteiger partial charge in [-0.2, -0.15) is 0 Å². The molecule has 0 aliphatic carbocycles. The van der Waals surface area contributed by atoms with E-state index >= 15 is 0 Å². The van der Waals surface area contributed by atoms with Crippen LogP contribution in [-0.2, 0) is 4.79 Å². The van der Waals surface area contributed by atoms with Gasteiger partial charge in [-0.25, -0.2) is 0 Å². The van der Waals surface area contributed by atoms with Crippen molar-refractivity contribution in [1.82, 2.24) is 5.32 Å². The van der Waals surface area contributed by atoms with Crippen LogP contribution >= 0.6 is 23.4 Å². The lowest BCUT2D eigenvalue weighted by atomic mass is 10.4. The number of carbonyl (C=O) groups is 1. The van der Waals surface area contributed by atoms with Gasteiger partial charge in [-0.15, -0.1) is 18.3 Å². The van der Waals surface area contributed by atoms with Gasteiger partial charge in [-0.1, -0.05) is 17.7 Å². The van der Waals surface area contributed by atoms with Crippen LogP contribution in [0.4, 0.5) is 0 Å². The van der Waals surface area contributed by atoms with Gasteiger partial charge in [-0.3, -0.25) is 4.79 Å². The molecule has 1 N–H and O–H groups in total. The molecule has 0 saturated heterocycles. The topological polar surface area (TPSA) is 29.1 Å². The molecule has 1 rings (SSSR count). The summed E-state index contributed by atoms with van der Waals surface area (Å²) in [4.78, 5) is 12.4. The van der Waals surface area contributed by atoms with E-state index in [4.69, 9.17) is 11.6 Å². The number of hydrogen-bond acceptors (Lipinski definition) is 2. The summed E-state index contributed by atoms with van der Waals surface area (Å²) in [5.74, 6) is 0.825. The molecule has 0 saturated carbocycles. The highest BCUT2D eigenvalue weighted by molar-refractivity contribution is 7.99. The van der Waals surface area contributed by atoms with Gasteiger partial charge in [0.05, 0.1) is 0 Å². The van der Waals surface area contributed by atoms with Crippen LogP contribution in [0.5, 0.6) is 0 Å². The maximum Gasteiger partial charge on any atom is 0.221 e. The number of nitrogens with one attached hydrogen (secondary N) is 1. The quantitative estimate of drug-likeness (QED) is 0.625. The Morgan fingerprint density at radius 2 is 2.12 bits per heavy atom. The summed E-state index contributed by atoms with van der Waals surface area (Å²) in [6, 6.07) is 7.60. The Labute approximate surface area is 105 Å². The SMILES string of the molecule is C=CCNC(=O)CCSc1ccc(Cl)cc1. The molecule has 1 aromatic rings. The Hall–Kier alpha value is -0.930. The van der Waals surface area contributed by atoms with Crippen molar-refractivity contribution >= 4 is 29.3 Å². The first-order chi connectivity index (χ1) is 7.72. The minimum Gasteiger partial charge on any atom is -0.353 e. The molecule has 0 aromatic heterocycles. The summed E-state index contributed by atoms with van der Waals surface area (Å²) in [5, 5.41) is 3.47. The lowest BCUT2D eigenvalue weighted by Crippen LogP contribution is -2.23. The average molecular weight is 256 g/mol. The molecule has 0 radical (unpaired) electrons. The van der Waals surface area contributed by atoms with Crippen LogP contribution in [0.3, 0.4) is 0 Å². The van der Waals surface area contributed by atoms with Crippen LogP contribution in [0.25, 0.3) is 0 Å². The highest BCUT2D eigenvalue weighted by Gasteiger charge is 2.00. The first-order valence-electron chi connectivity index (χ1n) is 4.98. The van der Waals surface area contributed by atoms with Crippen molar-refractivity contribution in [2.24, 2.45) is 0 Å². The molecular formula is C12H14ClNOS. The summed E-state index contributed by atoms with van der Waals surface area (Å²) in [6.45, 7) is 4.07. The minimum atomic E-state index is 0.0568. The summed E-state index contributed by atoms with van der Waals surface area (Å²) < 4.78 is 0. The van der Waals surface area contributed by atoms with Crippen LogP contribution in [0.15, 0.2) is 41.8 Å². The van der Waals surface area contributed by atoms with Gasteiger partial charge in [0.15, 0.2) is 0 Å². The Bertz CT molecular complexity index is 351. The molecule has 0 bridgehead atoms. The van der Waals surface area contributed by atoms with E-state index in [9.17, 15) is 4.79 Å². The molecule has 0 fully saturated rings. The predicted octanol–water partition coefficient (Wildman–Crippen LogP) is 3.12. The highest BCUT2D eigenvalue weighted by Crippen LogP contribution is 2.20. The number of thioether (sulfide) groups is 1. The Morgan fingerprint density at radius 3 is 2.75 bits per heavy atom. The highest BCUT2D eigenvalue weighted by atomic mass is 35.5. The standard InChI is InChI=1S/C12H14ClNOS/c1-2-8-14-12(15)7-9-16-11-5-3-10(13)4-6-11/h2-6H,1,7-9H2,(H,14,15). The second-order valence-electron chi connectivity index (χ2n) is 3.15. The van der Waals surface area contributed by atoms with Crippen molar-refractivity contribution in [2.45, 2.75) is 11.3 Å². The van der Waals surface area contributed by atoms with Crippen molar-refractivity contribution in [3.8, 4) is 0 Å². The van der Waals surface area contributed by atoms with Crippen LogP contribution in [0.2, 0.25) is 5.02 Å². The smallest absolute Gasteiger partial charge is 0.221 e. The van der Waals surface area contributed by atoms with E-state index in [-0.39, 0.29) is 5.91 Å². The van der Waals surface area contributed by atoms with E-state index < -0.39 is 0 Å². The first-order valence-corrected chi connectivity index (χ1v) is 6.34. The van der Waals surface area contributed by atoms with Gasteiger partial charge >= 0.3 is 0 Å². The first kappa shape index (κ1) is 13.1. The Balaban J connectivity index is 2.22. The van der Waals surface area contributed by atoms with Crippen molar-refractivity contribution in [1.29, 1.82) is 0 Å². The molecule has 0 heterocycles. The maximum atomic E-state index is 11.3.